The van der Waals surface area contributed by atoms with Crippen molar-refractivity contribution in [2.75, 3.05) is 11.5 Å². The first-order valence-electron chi connectivity index (χ1n) is 3.57. The SMILES string of the molecule is Nc1cc(C(F)(F)F)cc(C=O)c1N. The minimum atomic E-state index is -4.53. The van der Waals surface area contributed by atoms with Gasteiger partial charge >= 0.3 is 6.18 Å². The number of anilines is 2. The molecule has 76 valence electrons. The molecule has 0 heterocycles. The molecule has 6 heteroatoms. The fourth-order valence-corrected chi connectivity index (χ4v) is 0.960. The van der Waals surface area contributed by atoms with Gasteiger partial charge in [-0.3, -0.25) is 4.79 Å². The van der Waals surface area contributed by atoms with Crippen LogP contribution in [0.4, 0.5) is 24.5 Å². The number of rotatable bonds is 1. The van der Waals surface area contributed by atoms with E-state index in [1.807, 2.05) is 0 Å². The van der Waals surface area contributed by atoms with Crippen molar-refractivity contribution in [3.8, 4) is 0 Å². The summed E-state index contributed by atoms with van der Waals surface area (Å²) in [4.78, 5) is 10.4. The lowest BCUT2D eigenvalue weighted by Gasteiger charge is -2.10. The van der Waals surface area contributed by atoms with E-state index in [1.54, 1.807) is 0 Å². The molecule has 1 rings (SSSR count). The highest BCUT2D eigenvalue weighted by Crippen LogP contribution is 2.33. The van der Waals surface area contributed by atoms with Gasteiger partial charge in [-0.25, -0.2) is 0 Å². The summed E-state index contributed by atoms with van der Waals surface area (Å²) < 4.78 is 36.6. The predicted octanol–water partition coefficient (Wildman–Crippen LogP) is 1.68. The monoisotopic (exact) mass is 204 g/mol. The van der Waals surface area contributed by atoms with Crippen LogP contribution in [0, 0.1) is 0 Å². The zero-order valence-electron chi connectivity index (χ0n) is 6.93. The molecule has 0 spiro atoms. The van der Waals surface area contributed by atoms with E-state index in [-0.39, 0.29) is 23.2 Å². The minimum absolute atomic E-state index is 0.131. The van der Waals surface area contributed by atoms with Gasteiger partial charge in [-0.1, -0.05) is 0 Å². The van der Waals surface area contributed by atoms with Crippen LogP contribution in [0.1, 0.15) is 15.9 Å². The molecule has 4 N–H and O–H groups in total. The zero-order chi connectivity index (χ0) is 10.9. The molecular weight excluding hydrogens is 197 g/mol. The van der Waals surface area contributed by atoms with Gasteiger partial charge in [-0.2, -0.15) is 13.2 Å². The molecule has 0 bridgehead atoms. The molecule has 0 saturated heterocycles. The number of halogens is 3. The normalized spacial score (nSPS) is 11.4. The van der Waals surface area contributed by atoms with Crippen LogP contribution in [-0.4, -0.2) is 6.29 Å². The first-order chi connectivity index (χ1) is 6.36. The number of hydrogen-bond acceptors (Lipinski definition) is 3. The molecule has 0 aliphatic heterocycles. The maximum absolute atomic E-state index is 12.2. The lowest BCUT2D eigenvalue weighted by atomic mass is 10.1. The van der Waals surface area contributed by atoms with Crippen LogP contribution < -0.4 is 11.5 Å². The van der Waals surface area contributed by atoms with Gasteiger partial charge in [0.15, 0.2) is 6.29 Å². The van der Waals surface area contributed by atoms with Crippen LogP contribution in [0.3, 0.4) is 0 Å². The summed E-state index contributed by atoms with van der Waals surface area (Å²) in [7, 11) is 0. The Balaban J connectivity index is 3.37. The quantitative estimate of drug-likeness (QED) is 0.540. The molecule has 1 aromatic carbocycles. The Bertz CT molecular complexity index is 374. The maximum atomic E-state index is 12.2. The topological polar surface area (TPSA) is 69.1 Å². The van der Waals surface area contributed by atoms with Crippen LogP contribution >= 0.6 is 0 Å². The second-order valence-corrected chi connectivity index (χ2v) is 2.68. The van der Waals surface area contributed by atoms with E-state index in [9.17, 15) is 18.0 Å². The fourth-order valence-electron chi connectivity index (χ4n) is 0.960. The second kappa shape index (κ2) is 3.21. The summed E-state index contributed by atoms with van der Waals surface area (Å²) in [5.41, 5.74) is 8.88. The van der Waals surface area contributed by atoms with Crippen molar-refractivity contribution in [3.05, 3.63) is 23.3 Å². The predicted molar refractivity (Wildman–Crippen MR) is 45.7 cm³/mol. The van der Waals surface area contributed by atoms with Gasteiger partial charge < -0.3 is 11.5 Å². The number of carbonyl (C=O) groups excluding carboxylic acids is 1. The highest BCUT2D eigenvalue weighted by atomic mass is 19.4. The Morgan fingerprint density at radius 1 is 1.21 bits per heavy atom. The van der Waals surface area contributed by atoms with Crippen LogP contribution in [0.25, 0.3) is 0 Å². The summed E-state index contributed by atoms with van der Waals surface area (Å²) in [5, 5.41) is 0. The van der Waals surface area contributed by atoms with Crippen molar-refractivity contribution < 1.29 is 18.0 Å². The van der Waals surface area contributed by atoms with Crippen molar-refractivity contribution >= 4 is 17.7 Å². The van der Waals surface area contributed by atoms with Gasteiger partial charge in [0.1, 0.15) is 0 Å². The summed E-state index contributed by atoms with van der Waals surface area (Å²) in [5.74, 6) is 0. The van der Waals surface area contributed by atoms with Crippen molar-refractivity contribution in [2.45, 2.75) is 6.18 Å². The standard InChI is InChI=1S/C8H7F3N2O/c9-8(10,11)5-1-4(3-14)7(13)6(12)2-5/h1-3H,12-13H2. The average molecular weight is 204 g/mol. The van der Waals surface area contributed by atoms with E-state index in [0.717, 1.165) is 0 Å². The Morgan fingerprint density at radius 2 is 1.79 bits per heavy atom. The van der Waals surface area contributed by atoms with Crippen molar-refractivity contribution in [3.63, 3.8) is 0 Å². The number of hydrogen-bond donors (Lipinski definition) is 2. The van der Waals surface area contributed by atoms with E-state index in [0.29, 0.717) is 12.1 Å². The number of benzene rings is 1. The Kier molecular flexibility index (Phi) is 2.37. The van der Waals surface area contributed by atoms with Crippen molar-refractivity contribution in [1.82, 2.24) is 0 Å². The van der Waals surface area contributed by atoms with E-state index in [1.165, 1.54) is 0 Å². The van der Waals surface area contributed by atoms with E-state index in [2.05, 4.69) is 0 Å². The van der Waals surface area contributed by atoms with Gasteiger partial charge in [-0.15, -0.1) is 0 Å². The molecular formula is C8H7F3N2O. The van der Waals surface area contributed by atoms with Gasteiger partial charge in [0.25, 0.3) is 0 Å². The van der Waals surface area contributed by atoms with E-state index >= 15 is 0 Å². The number of nitrogens with two attached hydrogens (primary N) is 2. The van der Waals surface area contributed by atoms with Crippen LogP contribution in [0.5, 0.6) is 0 Å². The first-order valence-corrected chi connectivity index (χ1v) is 3.57. The van der Waals surface area contributed by atoms with E-state index in [4.69, 9.17) is 11.5 Å². The Morgan fingerprint density at radius 3 is 2.21 bits per heavy atom. The zero-order valence-corrected chi connectivity index (χ0v) is 6.93. The third-order valence-electron chi connectivity index (χ3n) is 1.70. The second-order valence-electron chi connectivity index (χ2n) is 2.68. The van der Waals surface area contributed by atoms with Crippen molar-refractivity contribution in [2.24, 2.45) is 0 Å². The van der Waals surface area contributed by atoms with Gasteiger partial charge in [0.2, 0.25) is 0 Å². The number of carbonyl (C=O) groups is 1. The smallest absolute Gasteiger partial charge is 0.397 e. The van der Waals surface area contributed by atoms with Gasteiger partial charge in [0, 0.05) is 5.56 Å². The summed E-state index contributed by atoms with van der Waals surface area (Å²) in [6, 6.07) is 1.36. The average Bonchev–Trinajstić information content (AvgIpc) is 2.07. The molecule has 0 amide bonds. The number of nitrogen functional groups attached to an aromatic ring is 2. The van der Waals surface area contributed by atoms with Crippen LogP contribution in [-0.2, 0) is 6.18 Å². The minimum Gasteiger partial charge on any atom is -0.397 e. The highest BCUT2D eigenvalue weighted by Gasteiger charge is 2.31. The molecule has 0 atom stereocenters. The summed E-state index contributed by atoms with van der Waals surface area (Å²) in [6.45, 7) is 0. The summed E-state index contributed by atoms with van der Waals surface area (Å²) in [6.07, 6.45) is -4.29. The third kappa shape index (κ3) is 1.78. The molecule has 0 fully saturated rings. The number of alkyl halides is 3. The molecule has 0 aromatic heterocycles. The molecule has 0 aliphatic carbocycles. The van der Waals surface area contributed by atoms with E-state index < -0.39 is 11.7 Å². The fraction of sp³-hybridized carbons (Fsp3) is 0.125. The lowest BCUT2D eigenvalue weighted by molar-refractivity contribution is -0.137. The largest absolute Gasteiger partial charge is 0.416 e. The lowest BCUT2D eigenvalue weighted by Crippen LogP contribution is -2.09. The molecule has 1 aromatic rings. The number of aldehydes is 1. The van der Waals surface area contributed by atoms with Crippen molar-refractivity contribution in [1.29, 1.82) is 0 Å². The molecule has 14 heavy (non-hydrogen) atoms. The molecule has 0 saturated carbocycles. The Hall–Kier alpha value is -1.72. The van der Waals surface area contributed by atoms with Crippen LogP contribution in [0.2, 0.25) is 0 Å². The molecule has 0 unspecified atom stereocenters. The van der Waals surface area contributed by atoms with Gasteiger partial charge in [-0.05, 0) is 12.1 Å². The van der Waals surface area contributed by atoms with Gasteiger partial charge in [0.05, 0.1) is 16.9 Å². The van der Waals surface area contributed by atoms with Crippen LogP contribution in [0.15, 0.2) is 12.1 Å². The Labute approximate surface area is 77.5 Å². The maximum Gasteiger partial charge on any atom is 0.416 e. The molecule has 0 radical (unpaired) electrons. The molecule has 3 nitrogen and oxygen atoms in total. The molecule has 0 aliphatic rings. The summed E-state index contributed by atoms with van der Waals surface area (Å²) >= 11 is 0. The third-order valence-corrected chi connectivity index (χ3v) is 1.70. The first kappa shape index (κ1) is 10.4. The highest BCUT2D eigenvalue weighted by molar-refractivity contribution is 5.88.